The third kappa shape index (κ3) is 3.07. The molecule has 0 aromatic rings. The number of rotatable bonds is 0. The van der Waals surface area contributed by atoms with Crippen molar-refractivity contribution in [1.82, 2.24) is 0 Å². The van der Waals surface area contributed by atoms with Crippen LogP contribution in [0.4, 0.5) is 2.86 Å². The second-order valence-corrected chi connectivity index (χ2v) is 2.52. The summed E-state index contributed by atoms with van der Waals surface area (Å²) < 4.78 is 12.0. The van der Waals surface area contributed by atoms with Crippen molar-refractivity contribution in [3.05, 3.63) is 0 Å². The molecule has 0 nitrogen and oxygen atoms in total. The Balaban J connectivity index is 2.55. The van der Waals surface area contributed by atoms with Crippen molar-refractivity contribution >= 4 is 37.5 Å². The van der Waals surface area contributed by atoms with Crippen molar-refractivity contribution in [2.45, 2.75) is 0 Å². The van der Waals surface area contributed by atoms with Crippen LogP contribution in [-0.4, -0.2) is 3.98 Å². The van der Waals surface area contributed by atoms with Gasteiger partial charge < -0.3 is 0 Å². The second-order valence-electron chi connectivity index (χ2n) is 0.180. The molecule has 4 heavy (non-hydrogen) atoms. The summed E-state index contributed by atoms with van der Waals surface area (Å²) in [5, 5.41) is 0. The zero-order chi connectivity index (χ0) is 3.41. The molecular weight excluding hydrogens is 189 g/mol. The third-order valence-corrected chi connectivity index (χ3v) is 0.742. The van der Waals surface area contributed by atoms with Gasteiger partial charge in [0.25, 0.3) is 0 Å². The van der Waals surface area contributed by atoms with Crippen LogP contribution < -0.4 is 0 Å². The van der Waals surface area contributed by atoms with Gasteiger partial charge in [0.05, 0.1) is 0 Å². The maximum atomic E-state index is 10.7. The van der Waals surface area contributed by atoms with E-state index < -0.39 is 21.1 Å². The van der Waals surface area contributed by atoms with Crippen LogP contribution in [0.15, 0.2) is 0 Å². The summed E-state index contributed by atoms with van der Waals surface area (Å²) in [5.41, 5.74) is 0. The fourth-order valence-corrected chi connectivity index (χ4v) is 0. The van der Waals surface area contributed by atoms with Gasteiger partial charge in [0.1, 0.15) is 0 Å². The topological polar surface area (TPSA) is 0 Å². The molecule has 0 saturated carbocycles. The maximum absolute atomic E-state index is 10.7. The van der Waals surface area contributed by atoms with Gasteiger partial charge in [-0.05, 0) is 0 Å². The minimum atomic E-state index is -1.15. The summed E-state index contributed by atoms with van der Waals surface area (Å²) in [4.78, 5) is 0. The monoisotopic (exact) mass is 190 g/mol. The Labute approximate surface area is 40.6 Å². The third-order valence-electron chi connectivity index (χ3n) is 0.0369. The molecular formula is HBFIS. The first-order valence-corrected chi connectivity index (χ1v) is 3.20. The van der Waals surface area contributed by atoms with E-state index in [1.54, 1.807) is 0 Å². The van der Waals surface area contributed by atoms with Crippen molar-refractivity contribution in [3.8, 4) is 0 Å². The summed E-state index contributed by atoms with van der Waals surface area (Å²) >= 11 is 2.32. The molecule has 4 heteroatoms. The van der Waals surface area contributed by atoms with Gasteiger partial charge >= 0.3 is 40.4 Å². The molecule has 0 aliphatic carbocycles. The van der Waals surface area contributed by atoms with Crippen molar-refractivity contribution in [1.29, 1.82) is 0 Å². The van der Waals surface area contributed by atoms with Crippen LogP contribution in [0.5, 0.6) is 0 Å². The van der Waals surface area contributed by atoms with Crippen LogP contribution in [-0.2, 0) is 0 Å². The summed E-state index contributed by atoms with van der Waals surface area (Å²) in [5.74, 6) is 0. The summed E-state index contributed by atoms with van der Waals surface area (Å²) in [7, 11) is 0. The molecule has 0 atom stereocenters. The Morgan fingerprint density at radius 2 is 2.25 bits per heavy atom. The number of hydrogen-bond acceptors (Lipinski definition) is 1. The molecule has 0 saturated heterocycles. The second kappa shape index (κ2) is 4.07. The van der Waals surface area contributed by atoms with Gasteiger partial charge in [0, 0.05) is 0 Å². The number of hydrogen-bond donors (Lipinski definition) is 1. The van der Waals surface area contributed by atoms with E-state index in [0.717, 1.165) is 0 Å². The van der Waals surface area contributed by atoms with Crippen molar-refractivity contribution in [2.75, 3.05) is 0 Å². The predicted molar refractivity (Wildman–Crippen MR) is 29.9 cm³/mol. The Bertz CT molecular complexity index is 23.2. The molecule has 24 valence electrons. The van der Waals surface area contributed by atoms with E-state index in [4.69, 9.17) is 0 Å². The molecule has 0 aromatic heterocycles. The zero-order valence-electron chi connectivity index (χ0n) is 1.78. The van der Waals surface area contributed by atoms with Gasteiger partial charge in [-0.2, -0.15) is 0 Å². The van der Waals surface area contributed by atoms with Gasteiger partial charge in [-0.25, -0.2) is 0 Å². The molecule has 0 aliphatic rings. The molecule has 0 N–H and O–H groups in total. The van der Waals surface area contributed by atoms with Gasteiger partial charge in [-0.3, -0.25) is 0 Å². The SMILES string of the molecule is F/I=B/S. The van der Waals surface area contributed by atoms with E-state index in [1.807, 2.05) is 0 Å². The first-order chi connectivity index (χ1) is 1.91. The first kappa shape index (κ1) is 5.07. The summed E-state index contributed by atoms with van der Waals surface area (Å²) in [6.07, 6.45) is 0. The van der Waals surface area contributed by atoms with Crippen LogP contribution in [0, 0.1) is 0 Å². The zero-order valence-corrected chi connectivity index (χ0v) is 4.83. The van der Waals surface area contributed by atoms with Crippen molar-refractivity contribution in [3.63, 3.8) is 0 Å². The van der Waals surface area contributed by atoms with Crippen molar-refractivity contribution < 1.29 is 2.86 Å². The van der Waals surface area contributed by atoms with Gasteiger partial charge in [0.2, 0.25) is 0 Å². The molecule has 0 bridgehead atoms. The molecule has 0 fully saturated rings. The Morgan fingerprint density at radius 3 is 2.25 bits per heavy atom. The molecule has 0 radical (unpaired) electrons. The van der Waals surface area contributed by atoms with Gasteiger partial charge in [-0.1, -0.05) is 0 Å². The van der Waals surface area contributed by atoms with E-state index in [-0.39, 0.29) is 0 Å². The van der Waals surface area contributed by atoms with Crippen LogP contribution in [0.3, 0.4) is 0 Å². The van der Waals surface area contributed by atoms with Crippen LogP contribution >= 0.6 is 33.5 Å². The fourth-order valence-electron chi connectivity index (χ4n) is 0. The average Bonchev–Trinajstić information content (AvgIpc) is 1.37. The molecule has 0 rings (SSSR count). The van der Waals surface area contributed by atoms with Crippen molar-refractivity contribution in [2.24, 2.45) is 0 Å². The molecule has 0 aliphatic heterocycles. The van der Waals surface area contributed by atoms with E-state index in [0.29, 0.717) is 0 Å². The Morgan fingerprint density at radius 1 is 2.00 bits per heavy atom. The predicted octanol–water partition coefficient (Wildman–Crippen LogP) is 1.31. The quantitative estimate of drug-likeness (QED) is 0.332. The normalized spacial score (nSPS) is 9.50. The summed E-state index contributed by atoms with van der Waals surface area (Å²) in [6, 6.07) is 0. The molecule has 0 amide bonds. The molecule has 0 spiro atoms. The summed E-state index contributed by atoms with van der Waals surface area (Å²) in [6.45, 7) is 0. The van der Waals surface area contributed by atoms with Crippen LogP contribution in [0.1, 0.15) is 0 Å². The fraction of sp³-hybridized carbons (Fsp3) is 0. The van der Waals surface area contributed by atoms with E-state index in [1.165, 1.54) is 3.98 Å². The van der Waals surface area contributed by atoms with Gasteiger partial charge in [0.15, 0.2) is 0 Å². The molecule has 0 unspecified atom stereocenters. The first-order valence-electron chi connectivity index (χ1n) is 0.619. The van der Waals surface area contributed by atoms with Crippen LogP contribution in [0.25, 0.3) is 0 Å². The van der Waals surface area contributed by atoms with E-state index >= 15 is 0 Å². The average molecular weight is 190 g/mol. The Kier molecular flexibility index (Phi) is 5.17. The van der Waals surface area contributed by atoms with E-state index in [9.17, 15) is 2.86 Å². The van der Waals surface area contributed by atoms with E-state index in [2.05, 4.69) is 12.5 Å². The molecule has 0 aromatic carbocycles. The minimum absolute atomic E-state index is 1.15. The van der Waals surface area contributed by atoms with Gasteiger partial charge in [-0.15, -0.1) is 0 Å². The molecule has 0 heterocycles. The Hall–Kier alpha value is 1.07. The van der Waals surface area contributed by atoms with Crippen LogP contribution in [0.2, 0.25) is 0 Å². The number of thiol groups is 1. The standard InChI is InChI=1S/BFHIS/c2-3-1-4/h4H. The number of halogens is 2.